The molecule has 7 nitrogen and oxygen atoms in total. The summed E-state index contributed by atoms with van der Waals surface area (Å²) in [4.78, 5) is 42.5. The van der Waals surface area contributed by atoms with Crippen LogP contribution in [0.1, 0.15) is 70.6 Å². The van der Waals surface area contributed by atoms with Crippen molar-refractivity contribution >= 4 is 17.7 Å². The third kappa shape index (κ3) is 3.06. The van der Waals surface area contributed by atoms with Crippen LogP contribution in [0.15, 0.2) is 12.2 Å². The third-order valence-electron chi connectivity index (χ3n) is 8.46. The SMILES string of the molecule is O=C(NC1CC1)[C@@H]1[C@H]2C=C[C@@]3(O2)[C@H]1C(=O)N(C1CCCC1)[C@@H]3C(=O)NC1CCCCC1. The number of amides is 3. The number of likely N-dealkylation sites (tertiary alicyclic amines) is 1. The fourth-order valence-electron chi connectivity index (χ4n) is 6.83. The Kier molecular flexibility index (Phi) is 4.67. The average Bonchev–Trinajstić information content (AvgIpc) is 3.14. The number of fused-ring (bicyclic) bond motifs is 1. The molecule has 168 valence electrons. The molecule has 0 aromatic heterocycles. The number of rotatable bonds is 5. The molecule has 2 saturated heterocycles. The fraction of sp³-hybridized carbons (Fsp3) is 0.792. The summed E-state index contributed by atoms with van der Waals surface area (Å²) >= 11 is 0. The molecule has 1 spiro atoms. The van der Waals surface area contributed by atoms with Crippen molar-refractivity contribution in [3.8, 4) is 0 Å². The van der Waals surface area contributed by atoms with Gasteiger partial charge in [0.15, 0.2) is 0 Å². The van der Waals surface area contributed by atoms with E-state index < -0.39 is 29.6 Å². The lowest BCUT2D eigenvalue weighted by Crippen LogP contribution is -2.58. The standard InChI is InChI=1S/C24H33N3O4/c28-21(25-15-10-11-15)18-17-12-13-24(31-17)19(18)23(30)27(16-8-4-5-9-16)20(24)22(29)26-14-6-2-1-3-7-14/h12-20H,1-11H2,(H,25,28)(H,26,29)/t17-,18-,19-,20-,24-/m1/s1. The molecular weight excluding hydrogens is 394 g/mol. The number of hydrogen-bond acceptors (Lipinski definition) is 4. The number of carbonyl (C=O) groups excluding carboxylic acids is 3. The summed E-state index contributed by atoms with van der Waals surface area (Å²) in [5.41, 5.74) is -1.01. The molecule has 7 heteroatoms. The van der Waals surface area contributed by atoms with Gasteiger partial charge in [-0.3, -0.25) is 14.4 Å². The molecule has 5 fully saturated rings. The van der Waals surface area contributed by atoms with Gasteiger partial charge in [-0.1, -0.05) is 44.3 Å². The Bertz CT molecular complexity index is 812. The van der Waals surface area contributed by atoms with Gasteiger partial charge in [-0.25, -0.2) is 0 Å². The van der Waals surface area contributed by atoms with Crippen molar-refractivity contribution in [1.82, 2.24) is 15.5 Å². The normalized spacial score (nSPS) is 39.9. The van der Waals surface area contributed by atoms with E-state index in [0.717, 1.165) is 64.2 Å². The molecule has 6 aliphatic rings. The molecule has 0 aromatic carbocycles. The van der Waals surface area contributed by atoms with Crippen LogP contribution in [0.2, 0.25) is 0 Å². The van der Waals surface area contributed by atoms with E-state index in [4.69, 9.17) is 4.74 Å². The van der Waals surface area contributed by atoms with E-state index in [1.165, 1.54) is 6.42 Å². The maximum absolute atomic E-state index is 13.8. The second kappa shape index (κ2) is 7.32. The number of nitrogens with one attached hydrogen (secondary N) is 2. The lowest BCUT2D eigenvalue weighted by Gasteiger charge is -2.36. The first-order valence-corrected chi connectivity index (χ1v) is 12.4. The number of hydrogen-bond donors (Lipinski definition) is 2. The zero-order chi connectivity index (χ0) is 21.2. The summed E-state index contributed by atoms with van der Waals surface area (Å²) < 4.78 is 6.41. The van der Waals surface area contributed by atoms with Gasteiger partial charge in [-0.2, -0.15) is 0 Å². The van der Waals surface area contributed by atoms with E-state index in [0.29, 0.717) is 0 Å². The summed E-state index contributed by atoms with van der Waals surface area (Å²) in [7, 11) is 0. The van der Waals surface area contributed by atoms with E-state index in [1.807, 2.05) is 17.1 Å². The summed E-state index contributed by atoms with van der Waals surface area (Å²) in [6.45, 7) is 0. The van der Waals surface area contributed by atoms with Crippen molar-refractivity contribution in [2.24, 2.45) is 11.8 Å². The third-order valence-corrected chi connectivity index (χ3v) is 8.46. The largest absolute Gasteiger partial charge is 0.359 e. The van der Waals surface area contributed by atoms with Crippen LogP contribution < -0.4 is 10.6 Å². The first-order chi connectivity index (χ1) is 15.1. The minimum absolute atomic E-state index is 0.0570. The van der Waals surface area contributed by atoms with Crippen molar-refractivity contribution in [3.63, 3.8) is 0 Å². The fourth-order valence-corrected chi connectivity index (χ4v) is 6.83. The summed E-state index contributed by atoms with van der Waals surface area (Å²) in [5, 5.41) is 6.34. The van der Waals surface area contributed by atoms with Crippen LogP contribution in [-0.2, 0) is 19.1 Å². The van der Waals surface area contributed by atoms with Gasteiger partial charge >= 0.3 is 0 Å². The van der Waals surface area contributed by atoms with Crippen molar-refractivity contribution in [2.75, 3.05) is 0 Å². The summed E-state index contributed by atoms with van der Waals surface area (Å²) in [5.74, 6) is -1.36. The Morgan fingerprint density at radius 1 is 0.903 bits per heavy atom. The Morgan fingerprint density at radius 2 is 1.55 bits per heavy atom. The minimum atomic E-state index is -1.01. The van der Waals surface area contributed by atoms with Gasteiger partial charge in [-0.15, -0.1) is 0 Å². The topological polar surface area (TPSA) is 87.7 Å². The molecule has 0 radical (unpaired) electrons. The van der Waals surface area contributed by atoms with Gasteiger partial charge in [0.1, 0.15) is 11.6 Å². The van der Waals surface area contributed by atoms with E-state index in [9.17, 15) is 14.4 Å². The molecule has 6 rings (SSSR count). The smallest absolute Gasteiger partial charge is 0.246 e. The maximum atomic E-state index is 13.8. The molecule has 3 heterocycles. The maximum Gasteiger partial charge on any atom is 0.246 e. The molecule has 31 heavy (non-hydrogen) atoms. The van der Waals surface area contributed by atoms with Gasteiger partial charge in [0.25, 0.3) is 0 Å². The second-order valence-corrected chi connectivity index (χ2v) is 10.5. The highest BCUT2D eigenvalue weighted by Crippen LogP contribution is 2.56. The van der Waals surface area contributed by atoms with Gasteiger partial charge in [0, 0.05) is 18.1 Å². The van der Waals surface area contributed by atoms with Crippen molar-refractivity contribution in [3.05, 3.63) is 12.2 Å². The van der Waals surface area contributed by atoms with Crippen LogP contribution in [0.5, 0.6) is 0 Å². The molecular formula is C24H33N3O4. The van der Waals surface area contributed by atoms with Crippen LogP contribution in [0.3, 0.4) is 0 Å². The summed E-state index contributed by atoms with van der Waals surface area (Å²) in [6.07, 6.45) is 14.9. The predicted octanol–water partition coefficient (Wildman–Crippen LogP) is 1.81. The Balaban J connectivity index is 1.33. The van der Waals surface area contributed by atoms with Crippen LogP contribution in [0, 0.1) is 11.8 Å². The molecule has 3 aliphatic heterocycles. The van der Waals surface area contributed by atoms with Crippen LogP contribution in [0.4, 0.5) is 0 Å². The van der Waals surface area contributed by atoms with Gasteiger partial charge < -0.3 is 20.3 Å². The monoisotopic (exact) mass is 427 g/mol. The highest BCUT2D eigenvalue weighted by atomic mass is 16.5. The molecule has 0 aromatic rings. The second-order valence-electron chi connectivity index (χ2n) is 10.5. The number of ether oxygens (including phenoxy) is 1. The van der Waals surface area contributed by atoms with Gasteiger partial charge in [0.2, 0.25) is 17.7 Å². The zero-order valence-corrected chi connectivity index (χ0v) is 18.1. The quantitative estimate of drug-likeness (QED) is 0.655. The van der Waals surface area contributed by atoms with Crippen molar-refractivity contribution < 1.29 is 19.1 Å². The Labute approximate surface area is 183 Å². The Hall–Kier alpha value is -1.89. The molecule has 3 aliphatic carbocycles. The lowest BCUT2D eigenvalue weighted by molar-refractivity contribution is -0.144. The number of nitrogens with zero attached hydrogens (tertiary/aromatic N) is 1. The van der Waals surface area contributed by atoms with Gasteiger partial charge in [0.05, 0.1) is 17.9 Å². The molecule has 0 unspecified atom stereocenters. The van der Waals surface area contributed by atoms with Gasteiger partial charge in [-0.05, 0) is 38.5 Å². The first kappa shape index (κ1) is 19.8. The minimum Gasteiger partial charge on any atom is -0.359 e. The Morgan fingerprint density at radius 3 is 2.26 bits per heavy atom. The first-order valence-electron chi connectivity index (χ1n) is 12.4. The predicted molar refractivity (Wildman–Crippen MR) is 113 cm³/mol. The molecule has 2 bridgehead atoms. The zero-order valence-electron chi connectivity index (χ0n) is 18.1. The molecule has 2 N–H and O–H groups in total. The van der Waals surface area contributed by atoms with E-state index in [2.05, 4.69) is 10.6 Å². The van der Waals surface area contributed by atoms with Crippen LogP contribution >= 0.6 is 0 Å². The summed E-state index contributed by atoms with van der Waals surface area (Å²) in [6, 6.07) is -0.194. The average molecular weight is 428 g/mol. The van der Waals surface area contributed by atoms with Crippen LogP contribution in [0.25, 0.3) is 0 Å². The van der Waals surface area contributed by atoms with Crippen molar-refractivity contribution in [1.29, 1.82) is 0 Å². The lowest BCUT2D eigenvalue weighted by atomic mass is 9.74. The highest BCUT2D eigenvalue weighted by molar-refractivity contribution is 6.00. The van der Waals surface area contributed by atoms with E-state index in [1.54, 1.807) is 0 Å². The van der Waals surface area contributed by atoms with E-state index >= 15 is 0 Å². The molecule has 5 atom stereocenters. The number of carbonyl (C=O) groups is 3. The molecule has 3 amide bonds. The highest BCUT2D eigenvalue weighted by Gasteiger charge is 2.73. The molecule has 3 saturated carbocycles. The van der Waals surface area contributed by atoms with E-state index in [-0.39, 0.29) is 35.8 Å². The van der Waals surface area contributed by atoms with Crippen molar-refractivity contribution in [2.45, 2.75) is 107 Å². The van der Waals surface area contributed by atoms with Crippen LogP contribution in [-0.4, -0.2) is 58.5 Å².